The van der Waals surface area contributed by atoms with E-state index in [0.29, 0.717) is 0 Å². The molecule has 1 aliphatic heterocycles. The Morgan fingerprint density at radius 1 is 0.400 bits per heavy atom. The molecule has 0 nitrogen and oxygen atoms in total. The maximum absolute atomic E-state index is 2.47. The van der Waals surface area contributed by atoms with Crippen molar-refractivity contribution < 1.29 is 0 Å². The van der Waals surface area contributed by atoms with Crippen molar-refractivity contribution in [1.29, 1.82) is 0 Å². The van der Waals surface area contributed by atoms with Gasteiger partial charge >= 0.3 is 0 Å². The summed E-state index contributed by atoms with van der Waals surface area (Å²) < 4.78 is 0. The van der Waals surface area contributed by atoms with Crippen molar-refractivity contribution in [2.75, 3.05) is 0 Å². The van der Waals surface area contributed by atoms with Gasteiger partial charge in [0.2, 0.25) is 6.71 Å². The molecule has 0 unspecified atom stereocenters. The largest absolute Gasteiger partial charge is 0.242 e. The van der Waals surface area contributed by atoms with Gasteiger partial charge in [-0.15, -0.1) is 0 Å². The van der Waals surface area contributed by atoms with Crippen LogP contribution in [0.5, 0.6) is 0 Å². The molecule has 0 atom stereocenters. The Balaban J connectivity index is 1.57. The summed E-state index contributed by atoms with van der Waals surface area (Å²) >= 11 is 0. The molecule has 1 heterocycles. The minimum Gasteiger partial charge on any atom is -0.0686 e. The Labute approximate surface area is 204 Å². The van der Waals surface area contributed by atoms with Crippen LogP contribution in [0.4, 0.5) is 0 Å². The topological polar surface area (TPSA) is 0 Å². The highest BCUT2D eigenvalue weighted by atomic mass is 14.2. The molecule has 0 N–H and O–H groups in total. The molecule has 0 aliphatic carbocycles. The van der Waals surface area contributed by atoms with Crippen molar-refractivity contribution in [2.24, 2.45) is 0 Å². The zero-order chi connectivity index (χ0) is 22.9. The van der Waals surface area contributed by atoms with Gasteiger partial charge in [-0.1, -0.05) is 144 Å². The highest BCUT2D eigenvalue weighted by Gasteiger charge is 2.32. The lowest BCUT2D eigenvalue weighted by Gasteiger charge is -2.29. The number of benzene rings is 7. The van der Waals surface area contributed by atoms with E-state index in [4.69, 9.17) is 0 Å². The van der Waals surface area contributed by atoms with Crippen molar-refractivity contribution in [2.45, 2.75) is 0 Å². The summed E-state index contributed by atoms with van der Waals surface area (Å²) in [4.78, 5) is 0. The van der Waals surface area contributed by atoms with Gasteiger partial charge in [-0.05, 0) is 54.6 Å². The van der Waals surface area contributed by atoms with E-state index < -0.39 is 0 Å². The van der Waals surface area contributed by atoms with Crippen LogP contribution in [0.3, 0.4) is 0 Å². The van der Waals surface area contributed by atoms with Crippen LogP contribution in [0.25, 0.3) is 54.6 Å². The van der Waals surface area contributed by atoms with E-state index in [1.54, 1.807) is 0 Å². The zero-order valence-electron chi connectivity index (χ0n) is 19.2. The molecule has 35 heavy (non-hydrogen) atoms. The maximum Gasteiger partial charge on any atom is 0.242 e. The zero-order valence-corrected chi connectivity index (χ0v) is 19.2. The van der Waals surface area contributed by atoms with Gasteiger partial charge < -0.3 is 0 Å². The van der Waals surface area contributed by atoms with Crippen LogP contribution in [0.1, 0.15) is 0 Å². The standard InChI is InChI=1S/C34H21B/c1-3-9-22(10-4-1)26-18-17-24-21-31-34-29(20-16-23-15-19-28(26)32(24)33(23)34)27-13-7-8-14-30(27)35(31)25-11-5-2-6-12-25/h1-21H. The second-order valence-electron chi connectivity index (χ2n) is 9.67. The first-order chi connectivity index (χ1) is 17.4. The average molecular weight is 440 g/mol. The fraction of sp³-hybridized carbons (Fsp3) is 0. The van der Waals surface area contributed by atoms with Crippen LogP contribution in [0.15, 0.2) is 127 Å². The van der Waals surface area contributed by atoms with Crippen LogP contribution in [-0.2, 0) is 0 Å². The molecule has 0 bridgehead atoms. The second kappa shape index (κ2) is 7.07. The molecule has 0 amide bonds. The molecule has 0 radical (unpaired) electrons. The Bertz CT molecular complexity index is 1880. The molecule has 160 valence electrons. The molecule has 1 aliphatic rings. The minimum atomic E-state index is 0.225. The van der Waals surface area contributed by atoms with Crippen molar-refractivity contribution in [3.8, 4) is 22.3 Å². The minimum absolute atomic E-state index is 0.225. The Kier molecular flexibility index (Phi) is 3.84. The molecule has 7 aromatic rings. The lowest BCUT2D eigenvalue weighted by Crippen LogP contribution is -2.54. The second-order valence-corrected chi connectivity index (χ2v) is 9.67. The third-order valence-electron chi connectivity index (χ3n) is 7.89. The van der Waals surface area contributed by atoms with E-state index in [9.17, 15) is 0 Å². The van der Waals surface area contributed by atoms with Crippen molar-refractivity contribution in [3.63, 3.8) is 0 Å². The molecule has 0 saturated heterocycles. The average Bonchev–Trinajstić information content (AvgIpc) is 2.93. The third-order valence-corrected chi connectivity index (χ3v) is 7.89. The van der Waals surface area contributed by atoms with E-state index in [0.717, 1.165) is 0 Å². The smallest absolute Gasteiger partial charge is 0.0686 e. The van der Waals surface area contributed by atoms with Crippen LogP contribution in [0.2, 0.25) is 0 Å². The van der Waals surface area contributed by atoms with Crippen LogP contribution in [-0.4, -0.2) is 6.71 Å². The Hall–Kier alpha value is -4.36. The summed E-state index contributed by atoms with van der Waals surface area (Å²) in [7, 11) is 0. The molecule has 7 aromatic carbocycles. The van der Waals surface area contributed by atoms with Crippen LogP contribution >= 0.6 is 0 Å². The summed E-state index contributed by atoms with van der Waals surface area (Å²) in [6.07, 6.45) is 0. The quantitative estimate of drug-likeness (QED) is 0.206. The number of fused-ring (bicyclic) bond motifs is 2. The highest BCUT2D eigenvalue weighted by Crippen LogP contribution is 2.42. The van der Waals surface area contributed by atoms with Crippen LogP contribution in [0, 0.1) is 0 Å². The number of rotatable bonds is 2. The van der Waals surface area contributed by atoms with E-state index in [1.165, 1.54) is 71.0 Å². The monoisotopic (exact) mass is 440 g/mol. The summed E-state index contributed by atoms with van der Waals surface area (Å²) in [6.45, 7) is 0.225. The number of hydrogen-bond acceptors (Lipinski definition) is 0. The highest BCUT2D eigenvalue weighted by molar-refractivity contribution is 6.98. The van der Waals surface area contributed by atoms with Crippen molar-refractivity contribution >= 4 is 55.4 Å². The van der Waals surface area contributed by atoms with E-state index in [2.05, 4.69) is 127 Å². The molecular weight excluding hydrogens is 419 g/mol. The fourth-order valence-corrected chi connectivity index (χ4v) is 6.44. The van der Waals surface area contributed by atoms with E-state index >= 15 is 0 Å². The molecule has 0 saturated carbocycles. The summed E-state index contributed by atoms with van der Waals surface area (Å²) in [6, 6.07) is 47.1. The lowest BCUT2D eigenvalue weighted by molar-refractivity contribution is 1.66. The molecular formula is C34H21B. The molecule has 0 spiro atoms. The molecule has 1 heteroatoms. The first-order valence-corrected chi connectivity index (χ1v) is 12.3. The normalized spacial score (nSPS) is 12.5. The first kappa shape index (κ1) is 19.0. The van der Waals surface area contributed by atoms with Gasteiger partial charge in [0.1, 0.15) is 0 Å². The predicted octanol–water partition coefficient (Wildman–Crippen LogP) is 6.75. The van der Waals surface area contributed by atoms with E-state index in [-0.39, 0.29) is 6.71 Å². The number of hydrogen-bond donors (Lipinski definition) is 0. The predicted molar refractivity (Wildman–Crippen MR) is 152 cm³/mol. The van der Waals surface area contributed by atoms with E-state index in [1.807, 2.05) is 0 Å². The van der Waals surface area contributed by atoms with Gasteiger partial charge in [0.05, 0.1) is 0 Å². The molecule has 0 fully saturated rings. The lowest BCUT2D eigenvalue weighted by atomic mass is 9.33. The SMILES string of the molecule is c1ccc(B2c3ccccc3-c3ccc4ccc5c(-c6ccccc6)ccc6cc2c3c4c65)cc1. The summed E-state index contributed by atoms with van der Waals surface area (Å²) in [5.41, 5.74) is 9.45. The van der Waals surface area contributed by atoms with Gasteiger partial charge in [0.15, 0.2) is 0 Å². The van der Waals surface area contributed by atoms with Crippen molar-refractivity contribution in [3.05, 3.63) is 127 Å². The maximum atomic E-state index is 2.47. The van der Waals surface area contributed by atoms with Gasteiger partial charge in [-0.25, -0.2) is 0 Å². The van der Waals surface area contributed by atoms with Crippen LogP contribution < -0.4 is 16.4 Å². The first-order valence-electron chi connectivity index (χ1n) is 12.3. The van der Waals surface area contributed by atoms with Gasteiger partial charge in [-0.3, -0.25) is 0 Å². The summed E-state index contributed by atoms with van der Waals surface area (Å²) in [5, 5.41) is 8.18. The molecule has 8 rings (SSSR count). The van der Waals surface area contributed by atoms with Gasteiger partial charge in [0.25, 0.3) is 0 Å². The third kappa shape index (κ3) is 2.58. The van der Waals surface area contributed by atoms with Gasteiger partial charge in [-0.2, -0.15) is 0 Å². The van der Waals surface area contributed by atoms with Gasteiger partial charge in [0, 0.05) is 0 Å². The molecule has 0 aromatic heterocycles. The summed E-state index contributed by atoms with van der Waals surface area (Å²) in [5.74, 6) is 0. The Morgan fingerprint density at radius 2 is 1.09 bits per heavy atom. The Morgan fingerprint density at radius 3 is 1.94 bits per heavy atom. The fourth-order valence-electron chi connectivity index (χ4n) is 6.44. The van der Waals surface area contributed by atoms with Crippen molar-refractivity contribution in [1.82, 2.24) is 0 Å².